The van der Waals surface area contributed by atoms with Crippen LogP contribution in [-0.4, -0.2) is 13.7 Å². The molecule has 2 atom stereocenters. The average molecular weight is 324 g/mol. The summed E-state index contributed by atoms with van der Waals surface area (Å²) in [5.74, 6) is 0. The Kier molecular flexibility index (Phi) is 4.71. The van der Waals surface area contributed by atoms with Gasteiger partial charge >= 0.3 is 0 Å². The maximum atomic E-state index is 12.7. The van der Waals surface area contributed by atoms with Gasteiger partial charge in [0.15, 0.2) is 9.84 Å². The molecular formula is C16H18ClNO2S. The smallest absolute Gasteiger partial charge is 0.184 e. The molecule has 0 saturated carbocycles. The van der Waals surface area contributed by atoms with E-state index in [2.05, 4.69) is 0 Å². The molecule has 2 unspecified atom stereocenters. The number of hydrogen-bond acceptors (Lipinski definition) is 3. The van der Waals surface area contributed by atoms with Gasteiger partial charge in [0.1, 0.15) is 0 Å². The van der Waals surface area contributed by atoms with Gasteiger partial charge in [-0.15, -0.1) is 0 Å². The number of hydrogen-bond donors (Lipinski definition) is 1. The Morgan fingerprint density at radius 2 is 1.62 bits per heavy atom. The Labute approximate surface area is 130 Å². The normalized spacial score (nSPS) is 14.7. The van der Waals surface area contributed by atoms with Crippen LogP contribution in [-0.2, 0) is 9.84 Å². The van der Waals surface area contributed by atoms with Crippen molar-refractivity contribution in [2.75, 3.05) is 0 Å². The first kappa shape index (κ1) is 16.0. The lowest BCUT2D eigenvalue weighted by Gasteiger charge is -2.21. The fourth-order valence-electron chi connectivity index (χ4n) is 2.13. The molecule has 0 fully saturated rings. The van der Waals surface area contributed by atoms with Crippen molar-refractivity contribution >= 4 is 21.4 Å². The van der Waals surface area contributed by atoms with Gasteiger partial charge in [0, 0.05) is 6.04 Å². The van der Waals surface area contributed by atoms with E-state index in [4.69, 9.17) is 17.3 Å². The molecule has 0 aliphatic heterocycles. The van der Waals surface area contributed by atoms with Crippen molar-refractivity contribution in [1.82, 2.24) is 0 Å². The van der Waals surface area contributed by atoms with E-state index in [1.54, 1.807) is 25.1 Å². The van der Waals surface area contributed by atoms with Gasteiger partial charge in [-0.05, 0) is 31.5 Å². The van der Waals surface area contributed by atoms with Crippen LogP contribution in [0.1, 0.15) is 24.1 Å². The van der Waals surface area contributed by atoms with E-state index in [1.807, 2.05) is 31.2 Å². The fraction of sp³-hybridized carbons (Fsp3) is 0.250. The van der Waals surface area contributed by atoms with Crippen molar-refractivity contribution in [3.8, 4) is 0 Å². The van der Waals surface area contributed by atoms with Gasteiger partial charge in [-0.3, -0.25) is 0 Å². The lowest BCUT2D eigenvalue weighted by molar-refractivity contribution is 0.565. The monoisotopic (exact) mass is 323 g/mol. The third kappa shape index (κ3) is 3.28. The van der Waals surface area contributed by atoms with Crippen molar-refractivity contribution in [3.63, 3.8) is 0 Å². The first-order chi connectivity index (χ1) is 9.84. The van der Waals surface area contributed by atoms with Crippen molar-refractivity contribution in [1.29, 1.82) is 0 Å². The number of aryl methyl sites for hydroxylation is 1. The van der Waals surface area contributed by atoms with Crippen molar-refractivity contribution in [3.05, 3.63) is 64.7 Å². The topological polar surface area (TPSA) is 60.2 Å². The van der Waals surface area contributed by atoms with Crippen molar-refractivity contribution in [2.24, 2.45) is 5.73 Å². The van der Waals surface area contributed by atoms with Crippen LogP contribution in [0.5, 0.6) is 0 Å². The van der Waals surface area contributed by atoms with Crippen LogP contribution in [0.4, 0.5) is 0 Å². The summed E-state index contributed by atoms with van der Waals surface area (Å²) >= 11 is 6.00. The minimum absolute atomic E-state index is 0.127. The molecule has 112 valence electrons. The number of rotatable bonds is 4. The predicted molar refractivity (Wildman–Crippen MR) is 86.2 cm³/mol. The maximum Gasteiger partial charge on any atom is 0.184 e. The minimum atomic E-state index is -3.58. The molecule has 0 heterocycles. The largest absolute Gasteiger partial charge is 0.323 e. The SMILES string of the molecule is Cc1ccc(C(N)C(C)S(=O)(=O)c2ccccc2Cl)cc1. The highest BCUT2D eigenvalue weighted by Gasteiger charge is 2.31. The number of benzene rings is 2. The zero-order valence-electron chi connectivity index (χ0n) is 12.0. The quantitative estimate of drug-likeness (QED) is 0.936. The number of nitrogens with two attached hydrogens (primary N) is 1. The summed E-state index contributed by atoms with van der Waals surface area (Å²) in [6.07, 6.45) is 0. The van der Waals surface area contributed by atoms with Gasteiger partial charge in [-0.25, -0.2) is 8.42 Å². The molecular weight excluding hydrogens is 306 g/mol. The zero-order chi connectivity index (χ0) is 15.6. The number of halogens is 1. The van der Waals surface area contributed by atoms with Crippen LogP contribution in [0.25, 0.3) is 0 Å². The third-order valence-electron chi connectivity index (χ3n) is 3.60. The standard InChI is InChI=1S/C16H18ClNO2S/c1-11-7-9-13(10-8-11)16(18)12(2)21(19,20)15-6-4-3-5-14(15)17/h3-10,12,16H,18H2,1-2H3. The van der Waals surface area contributed by atoms with E-state index in [-0.39, 0.29) is 9.92 Å². The van der Waals surface area contributed by atoms with Crippen LogP contribution in [0.2, 0.25) is 5.02 Å². The lowest BCUT2D eigenvalue weighted by atomic mass is 10.0. The second-order valence-corrected chi connectivity index (χ2v) is 7.80. The molecule has 0 saturated heterocycles. The third-order valence-corrected chi connectivity index (χ3v) is 6.28. The molecule has 0 bridgehead atoms. The van der Waals surface area contributed by atoms with Crippen LogP contribution in [0.15, 0.2) is 53.4 Å². The first-order valence-electron chi connectivity index (χ1n) is 6.64. The molecule has 0 aliphatic rings. The molecule has 0 aromatic heterocycles. The van der Waals surface area contributed by atoms with E-state index < -0.39 is 21.1 Å². The molecule has 21 heavy (non-hydrogen) atoms. The van der Waals surface area contributed by atoms with Gasteiger partial charge in [0.2, 0.25) is 0 Å². The van der Waals surface area contributed by atoms with E-state index in [9.17, 15) is 8.42 Å². The first-order valence-corrected chi connectivity index (χ1v) is 8.57. The minimum Gasteiger partial charge on any atom is -0.323 e. The molecule has 2 N–H and O–H groups in total. The highest BCUT2D eigenvalue weighted by molar-refractivity contribution is 7.92. The van der Waals surface area contributed by atoms with Crippen LogP contribution in [0.3, 0.4) is 0 Å². The number of sulfone groups is 1. The summed E-state index contributed by atoms with van der Waals surface area (Å²) in [6.45, 7) is 3.59. The summed E-state index contributed by atoms with van der Waals surface area (Å²) in [5, 5.41) is -0.541. The second-order valence-electron chi connectivity index (χ2n) is 5.12. The van der Waals surface area contributed by atoms with Gasteiger partial charge in [-0.2, -0.15) is 0 Å². The zero-order valence-corrected chi connectivity index (χ0v) is 13.5. The van der Waals surface area contributed by atoms with Crippen molar-refractivity contribution < 1.29 is 8.42 Å². The molecule has 3 nitrogen and oxygen atoms in total. The molecule has 2 rings (SSSR count). The van der Waals surface area contributed by atoms with E-state index in [0.717, 1.165) is 11.1 Å². The predicted octanol–water partition coefficient (Wildman–Crippen LogP) is 3.51. The summed E-state index contributed by atoms with van der Waals surface area (Å²) in [7, 11) is -3.58. The molecule has 0 spiro atoms. The average Bonchev–Trinajstić information content (AvgIpc) is 2.46. The van der Waals surface area contributed by atoms with Gasteiger partial charge in [-0.1, -0.05) is 53.6 Å². The Balaban J connectivity index is 2.36. The highest BCUT2D eigenvalue weighted by atomic mass is 35.5. The summed E-state index contributed by atoms with van der Waals surface area (Å²) in [5.41, 5.74) is 8.04. The highest BCUT2D eigenvalue weighted by Crippen LogP contribution is 2.29. The van der Waals surface area contributed by atoms with Gasteiger partial charge in [0.25, 0.3) is 0 Å². The van der Waals surface area contributed by atoms with Crippen LogP contribution >= 0.6 is 11.6 Å². The van der Waals surface area contributed by atoms with Crippen molar-refractivity contribution in [2.45, 2.75) is 30.0 Å². The van der Waals surface area contributed by atoms with Gasteiger partial charge in [0.05, 0.1) is 15.2 Å². The molecule has 0 aliphatic carbocycles. The van der Waals surface area contributed by atoms with Gasteiger partial charge < -0.3 is 5.73 Å². The molecule has 2 aromatic carbocycles. The Morgan fingerprint density at radius 3 is 2.19 bits per heavy atom. The Hall–Kier alpha value is -1.36. The second kappa shape index (κ2) is 6.18. The Morgan fingerprint density at radius 1 is 1.05 bits per heavy atom. The molecule has 0 radical (unpaired) electrons. The van der Waals surface area contributed by atoms with E-state index in [1.165, 1.54) is 6.07 Å². The van der Waals surface area contributed by atoms with Crippen LogP contribution in [0, 0.1) is 6.92 Å². The fourth-order valence-corrected chi connectivity index (χ4v) is 4.14. The van der Waals surface area contributed by atoms with E-state index >= 15 is 0 Å². The molecule has 5 heteroatoms. The molecule has 2 aromatic rings. The summed E-state index contributed by atoms with van der Waals surface area (Å²) < 4.78 is 25.3. The van der Waals surface area contributed by atoms with Crippen LogP contribution < -0.4 is 5.73 Å². The molecule has 0 amide bonds. The van der Waals surface area contributed by atoms with E-state index in [0.29, 0.717) is 0 Å². The Bertz CT molecular complexity index is 726. The summed E-state index contributed by atoms with van der Waals surface area (Å²) in [6, 6.07) is 13.4. The summed E-state index contributed by atoms with van der Waals surface area (Å²) in [4.78, 5) is 0.127. The maximum absolute atomic E-state index is 12.7. The lowest BCUT2D eigenvalue weighted by Crippen LogP contribution is -2.31.